The Morgan fingerprint density at radius 1 is 1.37 bits per heavy atom. The Bertz CT molecular complexity index is 413. The summed E-state index contributed by atoms with van der Waals surface area (Å²) in [6.45, 7) is 5.67. The zero-order valence-corrected chi connectivity index (χ0v) is 12.4. The highest BCUT2D eigenvalue weighted by Crippen LogP contribution is 2.07. The predicted molar refractivity (Wildman–Crippen MR) is 73.5 cm³/mol. The van der Waals surface area contributed by atoms with Gasteiger partial charge < -0.3 is 9.42 Å². The summed E-state index contributed by atoms with van der Waals surface area (Å²) >= 11 is 5.57. The quantitative estimate of drug-likeness (QED) is 0.782. The first kappa shape index (κ1) is 16.2. The highest BCUT2D eigenvalue weighted by molar-refractivity contribution is 6.27. The molecule has 1 aromatic rings. The summed E-state index contributed by atoms with van der Waals surface area (Å²) in [5.41, 5.74) is 0. The Hall–Kier alpha value is -0.850. The van der Waals surface area contributed by atoms with E-state index in [9.17, 15) is 4.79 Å². The topological polar surface area (TPSA) is 62.5 Å². The standard InChI is InChI=1S/C11H17ClN4O2.ClH/c1-9-13-10(14-18-9)8-15-3-2-4-16(6-5-15)11(17)7-12;/h2-8H2,1H3;1H. The number of halogens is 2. The highest BCUT2D eigenvalue weighted by Gasteiger charge is 2.19. The largest absolute Gasteiger partial charge is 0.340 e. The van der Waals surface area contributed by atoms with E-state index in [1.807, 2.05) is 4.90 Å². The number of hydrogen-bond acceptors (Lipinski definition) is 5. The molecule has 0 atom stereocenters. The third-order valence-electron chi connectivity index (χ3n) is 2.99. The van der Waals surface area contributed by atoms with Crippen LogP contribution in [0.1, 0.15) is 18.1 Å². The molecule has 0 aliphatic carbocycles. The monoisotopic (exact) mass is 308 g/mol. The van der Waals surface area contributed by atoms with Crippen molar-refractivity contribution in [3.05, 3.63) is 11.7 Å². The van der Waals surface area contributed by atoms with E-state index in [0.29, 0.717) is 24.8 Å². The van der Waals surface area contributed by atoms with E-state index in [1.165, 1.54) is 0 Å². The second kappa shape index (κ2) is 7.67. The molecule has 8 heteroatoms. The minimum absolute atomic E-state index is 0. The molecule has 108 valence electrons. The van der Waals surface area contributed by atoms with E-state index in [0.717, 1.165) is 26.1 Å². The fourth-order valence-corrected chi connectivity index (χ4v) is 2.24. The molecule has 0 N–H and O–H groups in total. The van der Waals surface area contributed by atoms with E-state index in [1.54, 1.807) is 6.92 Å². The first-order valence-electron chi connectivity index (χ1n) is 6.04. The second-order valence-corrected chi connectivity index (χ2v) is 4.64. The van der Waals surface area contributed by atoms with Gasteiger partial charge in [-0.05, 0) is 6.42 Å². The minimum atomic E-state index is 0. The molecule has 1 fully saturated rings. The molecular weight excluding hydrogens is 291 g/mol. The van der Waals surface area contributed by atoms with Crippen molar-refractivity contribution >= 4 is 29.9 Å². The Morgan fingerprint density at radius 3 is 2.79 bits per heavy atom. The van der Waals surface area contributed by atoms with Crippen molar-refractivity contribution in [2.75, 3.05) is 32.1 Å². The highest BCUT2D eigenvalue weighted by atomic mass is 35.5. The molecule has 0 spiro atoms. The van der Waals surface area contributed by atoms with Crippen LogP contribution in [0.2, 0.25) is 0 Å². The molecule has 0 aromatic carbocycles. The zero-order valence-electron chi connectivity index (χ0n) is 10.8. The van der Waals surface area contributed by atoms with Crippen molar-refractivity contribution < 1.29 is 9.32 Å². The van der Waals surface area contributed by atoms with Gasteiger partial charge >= 0.3 is 0 Å². The van der Waals surface area contributed by atoms with Gasteiger partial charge in [-0.1, -0.05) is 5.16 Å². The van der Waals surface area contributed by atoms with Crippen molar-refractivity contribution in [2.45, 2.75) is 19.9 Å². The van der Waals surface area contributed by atoms with Crippen LogP contribution in [0, 0.1) is 6.92 Å². The smallest absolute Gasteiger partial charge is 0.237 e. The fourth-order valence-electron chi connectivity index (χ4n) is 2.07. The SMILES string of the molecule is Cc1nc(CN2CCCN(C(=O)CCl)CC2)no1.Cl. The molecule has 1 aromatic heterocycles. The van der Waals surface area contributed by atoms with E-state index < -0.39 is 0 Å². The van der Waals surface area contributed by atoms with Crippen LogP contribution in [0.5, 0.6) is 0 Å². The summed E-state index contributed by atoms with van der Waals surface area (Å²) in [6, 6.07) is 0. The Morgan fingerprint density at radius 2 is 2.16 bits per heavy atom. The van der Waals surface area contributed by atoms with Crippen LogP contribution in [0.15, 0.2) is 4.52 Å². The lowest BCUT2D eigenvalue weighted by molar-refractivity contribution is -0.128. The first-order valence-corrected chi connectivity index (χ1v) is 6.58. The Balaban J connectivity index is 0.00000180. The molecule has 2 heterocycles. The van der Waals surface area contributed by atoms with Gasteiger partial charge in [0.05, 0.1) is 6.54 Å². The van der Waals surface area contributed by atoms with Crippen LogP contribution in [0.4, 0.5) is 0 Å². The summed E-state index contributed by atoms with van der Waals surface area (Å²) in [6.07, 6.45) is 0.944. The third-order valence-corrected chi connectivity index (χ3v) is 3.22. The molecule has 1 aliphatic rings. The third kappa shape index (κ3) is 4.63. The van der Waals surface area contributed by atoms with E-state index in [-0.39, 0.29) is 24.2 Å². The maximum Gasteiger partial charge on any atom is 0.237 e. The summed E-state index contributed by atoms with van der Waals surface area (Å²) < 4.78 is 4.94. The number of aromatic nitrogens is 2. The number of rotatable bonds is 3. The predicted octanol–water partition coefficient (Wildman–Crippen LogP) is 1.07. The van der Waals surface area contributed by atoms with Gasteiger partial charge in [-0.15, -0.1) is 24.0 Å². The van der Waals surface area contributed by atoms with Gasteiger partial charge in [0.15, 0.2) is 5.82 Å². The van der Waals surface area contributed by atoms with Gasteiger partial charge in [0, 0.05) is 33.1 Å². The van der Waals surface area contributed by atoms with Gasteiger partial charge in [0.1, 0.15) is 5.88 Å². The molecular formula is C11H18Cl2N4O2. The molecule has 1 saturated heterocycles. The molecule has 19 heavy (non-hydrogen) atoms. The zero-order chi connectivity index (χ0) is 13.0. The summed E-state index contributed by atoms with van der Waals surface area (Å²) in [4.78, 5) is 19.8. The second-order valence-electron chi connectivity index (χ2n) is 4.37. The molecule has 0 bridgehead atoms. The van der Waals surface area contributed by atoms with Crippen molar-refractivity contribution in [3.8, 4) is 0 Å². The molecule has 0 saturated carbocycles. The van der Waals surface area contributed by atoms with Crippen molar-refractivity contribution in [1.29, 1.82) is 0 Å². The molecule has 1 aliphatic heterocycles. The summed E-state index contributed by atoms with van der Waals surface area (Å²) in [5, 5.41) is 3.88. The van der Waals surface area contributed by atoms with Crippen LogP contribution in [-0.4, -0.2) is 57.9 Å². The lowest BCUT2D eigenvalue weighted by Gasteiger charge is -2.20. The number of alkyl halides is 1. The number of aryl methyl sites for hydroxylation is 1. The van der Waals surface area contributed by atoms with Crippen molar-refractivity contribution in [2.24, 2.45) is 0 Å². The van der Waals surface area contributed by atoms with Gasteiger partial charge in [0.2, 0.25) is 11.8 Å². The normalized spacial score (nSPS) is 16.8. The number of carbonyl (C=O) groups is 1. The number of hydrogen-bond donors (Lipinski definition) is 0. The van der Waals surface area contributed by atoms with Gasteiger partial charge in [-0.25, -0.2) is 0 Å². The van der Waals surface area contributed by atoms with Gasteiger partial charge in [-0.2, -0.15) is 4.98 Å². The van der Waals surface area contributed by atoms with Crippen LogP contribution in [0.3, 0.4) is 0 Å². The van der Waals surface area contributed by atoms with E-state index in [2.05, 4.69) is 15.0 Å². The molecule has 0 radical (unpaired) electrons. The van der Waals surface area contributed by atoms with Crippen LogP contribution >= 0.6 is 24.0 Å². The summed E-state index contributed by atoms with van der Waals surface area (Å²) in [5.74, 6) is 1.35. The summed E-state index contributed by atoms with van der Waals surface area (Å²) in [7, 11) is 0. The van der Waals surface area contributed by atoms with Crippen LogP contribution in [-0.2, 0) is 11.3 Å². The van der Waals surface area contributed by atoms with Crippen molar-refractivity contribution in [1.82, 2.24) is 19.9 Å². The maximum absolute atomic E-state index is 11.5. The lowest BCUT2D eigenvalue weighted by atomic mass is 10.3. The average molecular weight is 309 g/mol. The van der Waals surface area contributed by atoms with Crippen LogP contribution in [0.25, 0.3) is 0 Å². The Kier molecular flexibility index (Phi) is 6.54. The molecule has 1 amide bonds. The number of carbonyl (C=O) groups excluding carboxylic acids is 1. The minimum Gasteiger partial charge on any atom is -0.340 e. The van der Waals surface area contributed by atoms with Gasteiger partial charge in [0.25, 0.3) is 0 Å². The molecule has 6 nitrogen and oxygen atoms in total. The maximum atomic E-state index is 11.5. The van der Waals surface area contributed by atoms with E-state index in [4.69, 9.17) is 16.1 Å². The molecule has 0 unspecified atom stereocenters. The van der Waals surface area contributed by atoms with Crippen molar-refractivity contribution in [3.63, 3.8) is 0 Å². The fraction of sp³-hybridized carbons (Fsp3) is 0.727. The van der Waals surface area contributed by atoms with Crippen LogP contribution < -0.4 is 0 Å². The number of amides is 1. The van der Waals surface area contributed by atoms with Gasteiger partial charge in [-0.3, -0.25) is 9.69 Å². The molecule has 2 rings (SSSR count). The van der Waals surface area contributed by atoms with E-state index >= 15 is 0 Å². The first-order chi connectivity index (χ1) is 8.69. The lowest BCUT2D eigenvalue weighted by Crippen LogP contribution is -2.35. The average Bonchev–Trinajstić information content (AvgIpc) is 2.64. The number of nitrogens with zero attached hydrogens (tertiary/aromatic N) is 4. The Labute approximate surface area is 123 Å².